The Morgan fingerprint density at radius 3 is 2.52 bits per heavy atom. The maximum Gasteiger partial charge on any atom is 0.246 e. The zero-order chi connectivity index (χ0) is 16.4. The number of benzene rings is 1. The van der Waals surface area contributed by atoms with Crippen molar-refractivity contribution in [2.45, 2.75) is 26.8 Å². The number of hydrogen-bond donors (Lipinski definition) is 0. The number of carbonyl (C=O) groups excluding carboxylic acids is 1. The van der Waals surface area contributed by atoms with Gasteiger partial charge in [-0.25, -0.2) is 4.39 Å². The van der Waals surface area contributed by atoms with Crippen LogP contribution in [0.4, 0.5) is 4.39 Å². The summed E-state index contributed by atoms with van der Waals surface area (Å²) in [6, 6.07) is 5.87. The molecule has 1 aromatic heterocycles. The summed E-state index contributed by atoms with van der Waals surface area (Å²) in [4.78, 5) is 15.6. The molecule has 0 radical (unpaired) electrons. The fraction of sp³-hybridized carbons (Fsp3) is 0.500. The van der Waals surface area contributed by atoms with Crippen molar-refractivity contribution < 1.29 is 9.18 Å². The minimum absolute atomic E-state index is 0.00598. The number of tetrazole rings is 1. The van der Waals surface area contributed by atoms with Gasteiger partial charge in [0.05, 0.1) is 0 Å². The number of carbonyl (C=O) groups is 1. The van der Waals surface area contributed by atoms with Crippen LogP contribution in [0.5, 0.6) is 0 Å². The van der Waals surface area contributed by atoms with Crippen LogP contribution in [0.3, 0.4) is 0 Å². The van der Waals surface area contributed by atoms with Crippen molar-refractivity contribution in [2.24, 2.45) is 11.8 Å². The van der Waals surface area contributed by atoms with E-state index in [-0.39, 0.29) is 18.3 Å². The maximum atomic E-state index is 12.9. The van der Waals surface area contributed by atoms with E-state index in [1.165, 1.54) is 16.9 Å². The van der Waals surface area contributed by atoms with Crippen molar-refractivity contribution in [3.05, 3.63) is 30.1 Å². The van der Waals surface area contributed by atoms with Gasteiger partial charge < -0.3 is 4.90 Å². The third-order valence-corrected chi connectivity index (χ3v) is 4.05. The molecule has 1 saturated heterocycles. The average Bonchev–Trinajstić information content (AvgIpc) is 2.95. The van der Waals surface area contributed by atoms with Crippen LogP contribution in [0.1, 0.15) is 20.3 Å². The second kappa shape index (κ2) is 6.44. The molecule has 23 heavy (non-hydrogen) atoms. The summed E-state index contributed by atoms with van der Waals surface area (Å²) in [6.07, 6.45) is 1.15. The maximum absolute atomic E-state index is 12.9. The quantitative estimate of drug-likeness (QED) is 0.868. The first-order valence-electron chi connectivity index (χ1n) is 7.83. The van der Waals surface area contributed by atoms with Gasteiger partial charge in [-0.1, -0.05) is 13.8 Å². The summed E-state index contributed by atoms with van der Waals surface area (Å²) in [5.41, 5.74) is 0.672. The topological polar surface area (TPSA) is 63.9 Å². The molecule has 3 rings (SSSR count). The summed E-state index contributed by atoms with van der Waals surface area (Å²) < 4.78 is 12.9. The minimum atomic E-state index is -0.315. The van der Waals surface area contributed by atoms with Crippen molar-refractivity contribution in [2.75, 3.05) is 13.1 Å². The molecular formula is C16H20FN5O. The first-order valence-corrected chi connectivity index (χ1v) is 7.83. The van der Waals surface area contributed by atoms with Crippen molar-refractivity contribution in [3.8, 4) is 11.4 Å². The Labute approximate surface area is 134 Å². The number of rotatable bonds is 3. The normalized spacial score (nSPS) is 21.4. The number of hydrogen-bond acceptors (Lipinski definition) is 4. The smallest absolute Gasteiger partial charge is 0.246 e. The molecule has 2 aromatic rings. The molecule has 1 aromatic carbocycles. The molecule has 0 bridgehead atoms. The molecule has 122 valence electrons. The highest BCUT2D eigenvalue weighted by Gasteiger charge is 2.25. The van der Waals surface area contributed by atoms with Crippen LogP contribution in [-0.2, 0) is 11.3 Å². The molecule has 1 aliphatic rings. The summed E-state index contributed by atoms with van der Waals surface area (Å²) in [7, 11) is 0. The van der Waals surface area contributed by atoms with E-state index >= 15 is 0 Å². The zero-order valence-corrected chi connectivity index (χ0v) is 13.3. The highest BCUT2D eigenvalue weighted by atomic mass is 19.1. The number of piperidine rings is 1. The van der Waals surface area contributed by atoms with Gasteiger partial charge in [-0.2, -0.15) is 4.80 Å². The van der Waals surface area contributed by atoms with E-state index in [1.54, 1.807) is 12.1 Å². The van der Waals surface area contributed by atoms with Gasteiger partial charge in [-0.15, -0.1) is 10.2 Å². The van der Waals surface area contributed by atoms with E-state index in [9.17, 15) is 9.18 Å². The first kappa shape index (κ1) is 15.6. The van der Waals surface area contributed by atoms with Crippen LogP contribution in [0.15, 0.2) is 24.3 Å². The van der Waals surface area contributed by atoms with Crippen LogP contribution < -0.4 is 0 Å². The minimum Gasteiger partial charge on any atom is -0.340 e. The molecule has 0 saturated carbocycles. The third-order valence-electron chi connectivity index (χ3n) is 4.05. The fourth-order valence-electron chi connectivity index (χ4n) is 3.11. The number of halogens is 1. The Bertz CT molecular complexity index is 674. The molecule has 6 nitrogen and oxygen atoms in total. The van der Waals surface area contributed by atoms with Gasteiger partial charge in [0.25, 0.3) is 0 Å². The number of amides is 1. The Hall–Kier alpha value is -2.31. The van der Waals surface area contributed by atoms with Crippen LogP contribution in [-0.4, -0.2) is 44.1 Å². The van der Waals surface area contributed by atoms with Gasteiger partial charge in [0.2, 0.25) is 11.7 Å². The Morgan fingerprint density at radius 2 is 1.87 bits per heavy atom. The number of likely N-dealkylation sites (tertiary alicyclic amines) is 1. The molecule has 0 aliphatic carbocycles. The van der Waals surface area contributed by atoms with Gasteiger partial charge in [-0.05, 0) is 47.7 Å². The van der Waals surface area contributed by atoms with E-state index in [0.29, 0.717) is 23.2 Å². The zero-order valence-electron chi connectivity index (χ0n) is 13.3. The molecule has 2 heterocycles. The van der Waals surface area contributed by atoms with Gasteiger partial charge >= 0.3 is 0 Å². The third kappa shape index (κ3) is 3.72. The van der Waals surface area contributed by atoms with Crippen molar-refractivity contribution >= 4 is 5.91 Å². The van der Waals surface area contributed by atoms with Crippen LogP contribution in [0.2, 0.25) is 0 Å². The number of nitrogens with zero attached hydrogens (tertiary/aromatic N) is 5. The molecule has 0 spiro atoms. The Balaban J connectivity index is 1.66. The van der Waals surface area contributed by atoms with Crippen molar-refractivity contribution in [3.63, 3.8) is 0 Å². The van der Waals surface area contributed by atoms with Crippen LogP contribution >= 0.6 is 0 Å². The lowest BCUT2D eigenvalue weighted by Crippen LogP contribution is -2.44. The van der Waals surface area contributed by atoms with E-state index in [2.05, 4.69) is 29.3 Å². The predicted molar refractivity (Wildman–Crippen MR) is 82.7 cm³/mol. The Morgan fingerprint density at radius 1 is 1.22 bits per heavy atom. The van der Waals surface area contributed by atoms with Gasteiger partial charge in [0, 0.05) is 18.7 Å². The highest BCUT2D eigenvalue weighted by Crippen LogP contribution is 2.21. The predicted octanol–water partition coefficient (Wildman–Crippen LogP) is 1.98. The van der Waals surface area contributed by atoms with Gasteiger partial charge in [-0.3, -0.25) is 4.79 Å². The molecule has 0 N–H and O–H groups in total. The Kier molecular flexibility index (Phi) is 4.36. The largest absolute Gasteiger partial charge is 0.340 e. The van der Waals surface area contributed by atoms with Crippen molar-refractivity contribution in [1.82, 2.24) is 25.1 Å². The summed E-state index contributed by atoms with van der Waals surface area (Å²) in [6.45, 7) is 5.96. The molecule has 2 atom stereocenters. The lowest BCUT2D eigenvalue weighted by molar-refractivity contribution is -0.135. The average molecular weight is 317 g/mol. The number of aromatic nitrogens is 4. The SMILES string of the molecule is C[C@@H]1C[C@@H](C)CN(C(=O)Cn2nnc(-c3ccc(F)cc3)n2)C1. The summed E-state index contributed by atoms with van der Waals surface area (Å²) >= 11 is 0. The van der Waals surface area contributed by atoms with Gasteiger partial charge in [0.1, 0.15) is 12.4 Å². The molecule has 0 unspecified atom stereocenters. The second-order valence-electron chi connectivity index (χ2n) is 6.40. The van der Waals surface area contributed by atoms with E-state index < -0.39 is 0 Å². The molecule has 7 heteroatoms. The lowest BCUT2D eigenvalue weighted by atomic mass is 9.92. The van der Waals surface area contributed by atoms with Crippen LogP contribution in [0.25, 0.3) is 11.4 Å². The highest BCUT2D eigenvalue weighted by molar-refractivity contribution is 5.76. The first-order chi connectivity index (χ1) is 11.0. The monoisotopic (exact) mass is 317 g/mol. The standard InChI is InChI=1S/C16H20FN5O/c1-11-7-12(2)9-21(8-11)15(23)10-22-19-16(18-20-22)13-3-5-14(17)6-4-13/h3-6,11-12H,7-10H2,1-2H3/t11-,12-/m1/s1. The lowest BCUT2D eigenvalue weighted by Gasteiger charge is -2.34. The molecule has 1 amide bonds. The molecular weight excluding hydrogens is 297 g/mol. The molecule has 1 aliphatic heterocycles. The van der Waals surface area contributed by atoms with Crippen molar-refractivity contribution in [1.29, 1.82) is 0 Å². The molecule has 1 fully saturated rings. The van der Waals surface area contributed by atoms with E-state index in [0.717, 1.165) is 19.5 Å². The fourth-order valence-corrected chi connectivity index (χ4v) is 3.11. The summed E-state index contributed by atoms with van der Waals surface area (Å²) in [5, 5.41) is 12.1. The second-order valence-corrected chi connectivity index (χ2v) is 6.40. The van der Waals surface area contributed by atoms with Crippen LogP contribution in [0, 0.1) is 17.7 Å². The summed E-state index contributed by atoms with van der Waals surface area (Å²) in [5.74, 6) is 1.11. The van der Waals surface area contributed by atoms with E-state index in [1.807, 2.05) is 4.90 Å². The van der Waals surface area contributed by atoms with Gasteiger partial charge in [0.15, 0.2) is 0 Å². The van der Waals surface area contributed by atoms with E-state index in [4.69, 9.17) is 0 Å².